The highest BCUT2D eigenvalue weighted by atomic mass is 19.1. The molecule has 0 unspecified atom stereocenters. The third kappa shape index (κ3) is 3.81. The smallest absolute Gasteiger partial charge is 0.191 e. The molecule has 0 heterocycles. The molecule has 1 rings (SSSR count). The predicted octanol–water partition coefficient (Wildman–Crippen LogP) is 1.96. The molecular formula is C10H12F2O3. The van der Waals surface area contributed by atoms with Crippen LogP contribution in [-0.2, 0) is 9.47 Å². The van der Waals surface area contributed by atoms with E-state index >= 15 is 0 Å². The van der Waals surface area contributed by atoms with Gasteiger partial charge in [-0.2, -0.15) is 0 Å². The molecule has 0 aromatic heterocycles. The van der Waals surface area contributed by atoms with E-state index in [9.17, 15) is 8.78 Å². The number of ether oxygens (including phenoxy) is 3. The molecule has 0 aliphatic carbocycles. The molecule has 5 heteroatoms. The number of hydrogen-bond donors (Lipinski definition) is 0. The van der Waals surface area contributed by atoms with Gasteiger partial charge in [0.05, 0.1) is 0 Å². The van der Waals surface area contributed by atoms with Gasteiger partial charge in [0.1, 0.15) is 24.0 Å². The van der Waals surface area contributed by atoms with Crippen LogP contribution in [0.3, 0.4) is 0 Å². The summed E-state index contributed by atoms with van der Waals surface area (Å²) in [6.07, 6.45) is -0.559. The molecule has 1 aromatic carbocycles. The molecule has 84 valence electrons. The van der Waals surface area contributed by atoms with Crippen molar-refractivity contribution < 1.29 is 23.0 Å². The highest BCUT2D eigenvalue weighted by Crippen LogP contribution is 2.15. The van der Waals surface area contributed by atoms with Gasteiger partial charge in [-0.15, -0.1) is 0 Å². The van der Waals surface area contributed by atoms with Gasteiger partial charge in [0, 0.05) is 32.4 Å². The third-order valence-corrected chi connectivity index (χ3v) is 1.75. The summed E-state index contributed by atoms with van der Waals surface area (Å²) in [5, 5.41) is 0. The molecule has 0 bridgehead atoms. The highest BCUT2D eigenvalue weighted by Gasteiger charge is 2.07. The van der Waals surface area contributed by atoms with E-state index in [0.29, 0.717) is 0 Å². The van der Waals surface area contributed by atoms with Gasteiger partial charge in [-0.25, -0.2) is 8.78 Å². The van der Waals surface area contributed by atoms with Crippen LogP contribution in [0.1, 0.15) is 0 Å². The Balaban J connectivity index is 2.57. The SMILES string of the molecule is COC(COc1cc(F)cc(F)c1)OC. The fourth-order valence-electron chi connectivity index (χ4n) is 1.01. The van der Waals surface area contributed by atoms with Crippen molar-refractivity contribution in [2.24, 2.45) is 0 Å². The molecule has 0 amide bonds. The average Bonchev–Trinajstić information content (AvgIpc) is 2.18. The lowest BCUT2D eigenvalue weighted by Crippen LogP contribution is -2.22. The average molecular weight is 218 g/mol. The predicted molar refractivity (Wildman–Crippen MR) is 49.7 cm³/mol. The monoisotopic (exact) mass is 218 g/mol. The molecule has 0 fully saturated rings. The quantitative estimate of drug-likeness (QED) is 0.707. The third-order valence-electron chi connectivity index (χ3n) is 1.75. The van der Waals surface area contributed by atoms with E-state index in [0.717, 1.165) is 18.2 Å². The lowest BCUT2D eigenvalue weighted by atomic mass is 10.3. The van der Waals surface area contributed by atoms with Crippen molar-refractivity contribution in [2.45, 2.75) is 6.29 Å². The normalized spacial score (nSPS) is 10.7. The second-order valence-electron chi connectivity index (χ2n) is 2.82. The lowest BCUT2D eigenvalue weighted by molar-refractivity contribution is -0.122. The summed E-state index contributed by atoms with van der Waals surface area (Å²) in [5.41, 5.74) is 0. The van der Waals surface area contributed by atoms with Gasteiger partial charge in [-0.3, -0.25) is 0 Å². The summed E-state index contributed by atoms with van der Waals surface area (Å²) in [4.78, 5) is 0. The molecule has 0 aliphatic heterocycles. The fraction of sp³-hybridized carbons (Fsp3) is 0.400. The largest absolute Gasteiger partial charge is 0.488 e. The second-order valence-corrected chi connectivity index (χ2v) is 2.82. The summed E-state index contributed by atoms with van der Waals surface area (Å²) >= 11 is 0. The van der Waals surface area contributed by atoms with Crippen LogP contribution in [0, 0.1) is 11.6 Å². The van der Waals surface area contributed by atoms with E-state index in [2.05, 4.69) is 0 Å². The Hall–Kier alpha value is -1.20. The van der Waals surface area contributed by atoms with Gasteiger partial charge in [-0.1, -0.05) is 0 Å². The summed E-state index contributed by atoms with van der Waals surface area (Å²) in [5.74, 6) is -1.26. The van der Waals surface area contributed by atoms with Crippen molar-refractivity contribution in [3.8, 4) is 5.75 Å². The Bertz CT molecular complexity index is 293. The van der Waals surface area contributed by atoms with Crippen LogP contribution in [0.25, 0.3) is 0 Å². The van der Waals surface area contributed by atoms with E-state index < -0.39 is 17.9 Å². The van der Waals surface area contributed by atoms with Crippen molar-refractivity contribution in [3.05, 3.63) is 29.8 Å². The van der Waals surface area contributed by atoms with Gasteiger partial charge in [-0.05, 0) is 0 Å². The van der Waals surface area contributed by atoms with E-state index in [1.54, 1.807) is 0 Å². The number of hydrogen-bond acceptors (Lipinski definition) is 3. The maximum Gasteiger partial charge on any atom is 0.191 e. The number of rotatable bonds is 5. The van der Waals surface area contributed by atoms with Crippen molar-refractivity contribution in [1.82, 2.24) is 0 Å². The Morgan fingerprint density at radius 1 is 1.07 bits per heavy atom. The van der Waals surface area contributed by atoms with Crippen LogP contribution in [-0.4, -0.2) is 27.1 Å². The Morgan fingerprint density at radius 2 is 1.60 bits per heavy atom. The zero-order chi connectivity index (χ0) is 11.3. The van der Waals surface area contributed by atoms with Crippen LogP contribution < -0.4 is 4.74 Å². The van der Waals surface area contributed by atoms with E-state index in [1.165, 1.54) is 14.2 Å². The van der Waals surface area contributed by atoms with Gasteiger partial charge < -0.3 is 14.2 Å². The van der Waals surface area contributed by atoms with Crippen LogP contribution in [0.4, 0.5) is 8.78 Å². The van der Waals surface area contributed by atoms with E-state index in [4.69, 9.17) is 14.2 Å². The number of halogens is 2. The minimum Gasteiger partial charge on any atom is -0.488 e. The number of methoxy groups -OCH3 is 2. The first-order chi connectivity index (χ1) is 7.15. The van der Waals surface area contributed by atoms with Crippen LogP contribution in [0.2, 0.25) is 0 Å². The van der Waals surface area contributed by atoms with Crippen molar-refractivity contribution in [2.75, 3.05) is 20.8 Å². The molecular weight excluding hydrogens is 206 g/mol. The van der Waals surface area contributed by atoms with E-state index in [-0.39, 0.29) is 12.4 Å². The maximum absolute atomic E-state index is 12.7. The molecule has 0 spiro atoms. The number of benzene rings is 1. The van der Waals surface area contributed by atoms with Gasteiger partial charge in [0.15, 0.2) is 6.29 Å². The Morgan fingerprint density at radius 3 is 2.07 bits per heavy atom. The Kier molecular flexibility index (Phi) is 4.45. The summed E-state index contributed by atoms with van der Waals surface area (Å²) < 4.78 is 40.2. The molecule has 0 atom stereocenters. The first-order valence-electron chi connectivity index (χ1n) is 4.30. The lowest BCUT2D eigenvalue weighted by Gasteiger charge is -2.14. The van der Waals surface area contributed by atoms with Crippen molar-refractivity contribution in [1.29, 1.82) is 0 Å². The standard InChI is InChI=1S/C10H12F2O3/c1-13-10(14-2)6-15-9-4-7(11)3-8(12)5-9/h3-5,10H,6H2,1-2H3. The topological polar surface area (TPSA) is 27.7 Å². The fourth-order valence-corrected chi connectivity index (χ4v) is 1.01. The second kappa shape index (κ2) is 5.63. The molecule has 0 radical (unpaired) electrons. The van der Waals surface area contributed by atoms with Crippen LogP contribution >= 0.6 is 0 Å². The molecule has 0 saturated heterocycles. The van der Waals surface area contributed by atoms with Gasteiger partial charge >= 0.3 is 0 Å². The van der Waals surface area contributed by atoms with Crippen LogP contribution in [0.5, 0.6) is 5.75 Å². The minimum atomic E-state index is -0.684. The van der Waals surface area contributed by atoms with Gasteiger partial charge in [0.25, 0.3) is 0 Å². The highest BCUT2D eigenvalue weighted by molar-refractivity contribution is 5.23. The molecule has 0 saturated carbocycles. The first-order valence-corrected chi connectivity index (χ1v) is 4.30. The van der Waals surface area contributed by atoms with Gasteiger partial charge in [0.2, 0.25) is 0 Å². The molecule has 0 N–H and O–H groups in total. The molecule has 1 aromatic rings. The molecule has 15 heavy (non-hydrogen) atoms. The zero-order valence-electron chi connectivity index (χ0n) is 8.50. The minimum absolute atomic E-state index is 0.0654. The van der Waals surface area contributed by atoms with Crippen molar-refractivity contribution in [3.63, 3.8) is 0 Å². The Labute approximate surface area is 86.6 Å². The van der Waals surface area contributed by atoms with Crippen LogP contribution in [0.15, 0.2) is 18.2 Å². The van der Waals surface area contributed by atoms with Crippen molar-refractivity contribution >= 4 is 0 Å². The summed E-state index contributed by atoms with van der Waals surface area (Å²) in [6.45, 7) is 0.0654. The maximum atomic E-state index is 12.7. The molecule has 0 aliphatic rings. The zero-order valence-corrected chi connectivity index (χ0v) is 8.50. The van der Waals surface area contributed by atoms with E-state index in [1.807, 2.05) is 0 Å². The molecule has 3 nitrogen and oxygen atoms in total. The summed E-state index contributed by atoms with van der Waals surface area (Å²) in [7, 11) is 2.90. The first kappa shape index (κ1) is 11.9. The summed E-state index contributed by atoms with van der Waals surface area (Å²) in [6, 6.07) is 2.95.